The molecule has 0 atom stereocenters. The highest BCUT2D eigenvalue weighted by atomic mass is 32.1. The Balaban J connectivity index is 0.000000468. The van der Waals surface area contributed by atoms with E-state index in [-0.39, 0.29) is 23.9 Å². The van der Waals surface area contributed by atoms with Crippen LogP contribution >= 0.6 is 12.6 Å². The predicted molar refractivity (Wildman–Crippen MR) is 223 cm³/mol. The Kier molecular flexibility index (Phi) is 16.6. The van der Waals surface area contributed by atoms with Gasteiger partial charge in [0.15, 0.2) is 6.20 Å². The minimum Gasteiger partial charge on any atom is -0.287 e. The first-order valence-electron chi connectivity index (χ1n) is 20.4. The number of benzene rings is 5. The minimum atomic E-state index is -6.13. The Labute approximate surface area is 415 Å². The number of thiol groups is 1. The Morgan fingerprint density at radius 2 is 0.671 bits per heavy atom. The van der Waals surface area contributed by atoms with Crippen molar-refractivity contribution in [3.05, 3.63) is 177 Å². The van der Waals surface area contributed by atoms with Gasteiger partial charge in [-0.25, -0.2) is 0 Å². The number of halogens is 24. The van der Waals surface area contributed by atoms with E-state index in [2.05, 4.69) is 17.6 Å². The molecule has 0 amide bonds. The van der Waals surface area contributed by atoms with Gasteiger partial charge in [-0.05, 0) is 24.3 Å². The first kappa shape index (κ1) is 60.1. The van der Waals surface area contributed by atoms with Crippen molar-refractivity contribution in [1.82, 2.24) is 4.98 Å². The molecule has 30 heteroatoms. The molecule has 1 aromatic heterocycles. The van der Waals surface area contributed by atoms with Crippen LogP contribution in [0.3, 0.4) is 0 Å². The van der Waals surface area contributed by atoms with Crippen LogP contribution in [0, 0.1) is 0 Å². The second kappa shape index (κ2) is 21.0. The lowest BCUT2D eigenvalue weighted by atomic mass is 9.12. The van der Waals surface area contributed by atoms with Gasteiger partial charge in [-0.3, -0.25) is 14.6 Å². The summed E-state index contributed by atoms with van der Waals surface area (Å²) in [5.41, 5.74) is -29.2. The third kappa shape index (κ3) is 13.8. The zero-order valence-electron chi connectivity index (χ0n) is 36.8. The first-order chi connectivity index (χ1) is 34.5. The van der Waals surface area contributed by atoms with Crippen LogP contribution in [0.2, 0.25) is 0 Å². The molecule has 1 heterocycles. The smallest absolute Gasteiger partial charge is 0.287 e. The number of aromatic nitrogens is 2. The number of hydrogen-bond donors (Lipinski definition) is 1. The molecule has 4 nitrogen and oxygen atoms in total. The zero-order chi connectivity index (χ0) is 57.6. The topological polar surface area (TPSA) is 50.9 Å². The van der Waals surface area contributed by atoms with Crippen LogP contribution in [-0.2, 0) is 56.0 Å². The third-order valence-corrected chi connectivity index (χ3v) is 11.4. The van der Waals surface area contributed by atoms with E-state index < -0.39 is 195 Å². The number of rotatable bonds is 9. The van der Waals surface area contributed by atoms with Crippen LogP contribution in [0.4, 0.5) is 105 Å². The van der Waals surface area contributed by atoms with Crippen LogP contribution in [0.1, 0.15) is 65.4 Å². The molecular weight excluding hydrogens is 1110 g/mol. The molecule has 0 aliphatic rings. The van der Waals surface area contributed by atoms with Gasteiger partial charge < -0.3 is 0 Å². The molecule has 0 spiro atoms. The maximum Gasteiger partial charge on any atom is 0.416 e. The van der Waals surface area contributed by atoms with E-state index in [1.54, 1.807) is 29.1 Å². The van der Waals surface area contributed by atoms with Crippen molar-refractivity contribution < 1.29 is 120 Å². The zero-order valence-corrected chi connectivity index (χ0v) is 37.7. The Morgan fingerprint density at radius 1 is 0.408 bits per heavy atom. The molecule has 0 N–H and O–H groups in total. The number of carbonyl (C=O) groups is 2. The van der Waals surface area contributed by atoms with E-state index in [9.17, 15) is 115 Å². The lowest BCUT2D eigenvalue weighted by molar-refractivity contribution is -0.685. The van der Waals surface area contributed by atoms with Gasteiger partial charge in [-0.2, -0.15) is 144 Å². The molecule has 0 fully saturated rings. The van der Waals surface area contributed by atoms with Crippen molar-refractivity contribution in [3.8, 4) is 0 Å². The Hall–Kier alpha value is -6.75. The highest BCUT2D eigenvalue weighted by Crippen LogP contribution is 2.41. The molecule has 0 radical (unpaired) electrons. The average Bonchev–Trinajstić information content (AvgIpc) is 3.29. The van der Waals surface area contributed by atoms with Crippen LogP contribution < -0.4 is 26.4 Å². The Bertz CT molecular complexity index is 2660. The van der Waals surface area contributed by atoms with E-state index in [0.29, 0.717) is 11.3 Å². The van der Waals surface area contributed by atoms with Crippen molar-refractivity contribution in [2.45, 2.75) is 56.0 Å². The quantitative estimate of drug-likeness (QED) is 0.0516. The van der Waals surface area contributed by atoms with Crippen LogP contribution in [0.15, 0.2) is 122 Å². The lowest BCUT2D eigenvalue weighted by Gasteiger charge is -2.46. The molecule has 5 aromatic carbocycles. The Morgan fingerprint density at radius 3 is 0.908 bits per heavy atom. The van der Waals surface area contributed by atoms with Crippen LogP contribution in [0.5, 0.6) is 0 Å². The van der Waals surface area contributed by atoms with Gasteiger partial charge in [-0.15, -0.1) is 0 Å². The van der Waals surface area contributed by atoms with Crippen molar-refractivity contribution in [2.24, 2.45) is 0 Å². The third-order valence-electron chi connectivity index (χ3n) is 11.1. The van der Waals surface area contributed by atoms with Crippen molar-refractivity contribution in [2.75, 3.05) is 5.75 Å². The van der Waals surface area contributed by atoms with Gasteiger partial charge in [-0.1, -0.05) is 78.9 Å². The first-order valence-corrected chi connectivity index (χ1v) is 21.0. The van der Waals surface area contributed by atoms with E-state index in [1.165, 1.54) is 6.20 Å². The monoisotopic (exact) mass is 1140 g/mol. The number of hydrogen-bond acceptors (Lipinski definition) is 4. The maximum absolute atomic E-state index is 14.2. The predicted octanol–water partition coefficient (Wildman–Crippen LogP) is 12.6. The fourth-order valence-electron chi connectivity index (χ4n) is 7.78. The molecule has 0 aliphatic carbocycles. The number of ketones is 2. The van der Waals surface area contributed by atoms with E-state index in [0.717, 1.165) is 0 Å². The van der Waals surface area contributed by atoms with Gasteiger partial charge in [0, 0.05) is 5.56 Å². The molecule has 76 heavy (non-hydrogen) atoms. The molecule has 0 aliphatic heterocycles. The van der Waals surface area contributed by atoms with Gasteiger partial charge >= 0.3 is 49.4 Å². The molecule has 6 aromatic rings. The average molecular weight is 1140 g/mol. The van der Waals surface area contributed by atoms with Gasteiger partial charge in [0.2, 0.25) is 18.1 Å². The van der Waals surface area contributed by atoms with E-state index >= 15 is 0 Å². The summed E-state index contributed by atoms with van der Waals surface area (Å²) in [6.07, 6.45) is -50.2. The van der Waals surface area contributed by atoms with Crippen LogP contribution in [0.25, 0.3) is 0 Å². The molecule has 408 valence electrons. The molecule has 6 rings (SSSR count). The van der Waals surface area contributed by atoms with Crippen molar-refractivity contribution in [3.63, 3.8) is 0 Å². The molecular formula is C46H25BF24N2O2S. The number of alkyl halides is 24. The number of nitrogens with zero attached hydrogens (tertiary/aromatic N) is 2. The summed E-state index contributed by atoms with van der Waals surface area (Å²) < 4.78 is 342. The molecule has 0 saturated carbocycles. The summed E-state index contributed by atoms with van der Waals surface area (Å²) >= 11 is 3.96. The molecule has 0 unspecified atom stereocenters. The summed E-state index contributed by atoms with van der Waals surface area (Å²) in [4.78, 5) is 27.7. The highest BCUT2D eigenvalue weighted by molar-refractivity contribution is 7.81. The second-order valence-electron chi connectivity index (χ2n) is 16.2. The van der Waals surface area contributed by atoms with E-state index in [4.69, 9.17) is 0 Å². The van der Waals surface area contributed by atoms with Crippen LogP contribution in [-0.4, -0.2) is 28.4 Å². The SMILES string of the molecule is FC(F)(F)c1cc([B-](c2cc(C(F)(F)F)cc(C(F)(F)F)c2)(c2cc(C(F)(F)F)cc(C(F)(F)F)c2)c2cc(C(F)(F)F)cc(C(F)(F)F)c2)cc(C(F)(F)F)c1.O=C(C[n+]1ccncc1C(=O)CS)c1ccccc1. The summed E-state index contributed by atoms with van der Waals surface area (Å²) in [6, 6.07) is 0.171. The fraction of sp³-hybridized carbons (Fsp3) is 0.217. The van der Waals surface area contributed by atoms with Gasteiger partial charge in [0.1, 0.15) is 12.3 Å². The summed E-state index contributed by atoms with van der Waals surface area (Å²) in [7, 11) is 0. The number of carbonyl (C=O) groups excluding carboxylic acids is 2. The maximum atomic E-state index is 14.2. The lowest BCUT2D eigenvalue weighted by Crippen LogP contribution is -2.75. The normalized spacial score (nSPS) is 13.3. The summed E-state index contributed by atoms with van der Waals surface area (Å²) in [5.74, 6) is -0.118. The standard InChI is InChI=1S/C32H12BF24.C14H12N2O2S/c34-25(35,36)13-1-14(26(37,38)39)6-21(5-13)33(22-7-15(27(40,41)42)2-16(8-22)28(43,44)45,23-9-17(29(46,47)48)3-18(10-23)30(49,50)51)24-11-19(31(52,53)54)4-20(12-24)32(55,56)57;17-13(11-4-2-1-3-5-11)9-16-7-6-15-8-12(16)14(18)10-19/h1-12H;1-8H,9-10H2/q-1;/p+1. The summed E-state index contributed by atoms with van der Waals surface area (Å²) in [5, 5.41) is 0. The molecule has 0 bridgehead atoms. The number of Topliss-reactive ketones (excluding diaryl/α,β-unsaturated/α-hetero) is 2. The van der Waals surface area contributed by atoms with Crippen molar-refractivity contribution >= 4 is 52.2 Å². The largest absolute Gasteiger partial charge is 0.416 e. The summed E-state index contributed by atoms with van der Waals surface area (Å²) in [6.45, 7) is 0.112. The van der Waals surface area contributed by atoms with E-state index in [1.807, 2.05) is 18.2 Å². The second-order valence-corrected chi connectivity index (χ2v) is 16.5. The fourth-order valence-corrected chi connectivity index (χ4v) is 7.94. The van der Waals surface area contributed by atoms with Crippen molar-refractivity contribution in [1.29, 1.82) is 0 Å². The minimum absolute atomic E-state index is 0.0509. The van der Waals surface area contributed by atoms with Gasteiger partial charge in [0.25, 0.3) is 5.69 Å². The highest BCUT2D eigenvalue weighted by Gasteiger charge is 2.47. The van der Waals surface area contributed by atoms with Gasteiger partial charge in [0.05, 0.1) is 56.5 Å². The molecule has 0 saturated heterocycles.